The highest BCUT2D eigenvalue weighted by molar-refractivity contribution is 6.03. The van der Waals surface area contributed by atoms with Gasteiger partial charge in [0.2, 0.25) is 5.88 Å². The first-order valence-electron chi connectivity index (χ1n) is 14.6. The summed E-state index contributed by atoms with van der Waals surface area (Å²) in [5.74, 6) is 1.11. The van der Waals surface area contributed by atoms with Crippen molar-refractivity contribution in [2.24, 2.45) is 0 Å². The molecule has 2 aromatic heterocycles. The monoisotopic (exact) mass is 585 g/mol. The van der Waals surface area contributed by atoms with Crippen molar-refractivity contribution in [3.05, 3.63) is 101 Å². The SMILES string of the molecule is COc1nccc2ccc(C)c(-c3c(Cc4ccccc4)cc4c(c3C#N)OC[C@H]3CN(C(=O)n5cncn5)CCN3C4)c12. The van der Waals surface area contributed by atoms with E-state index in [0.29, 0.717) is 56.4 Å². The zero-order chi connectivity index (χ0) is 30.2. The first-order valence-corrected chi connectivity index (χ1v) is 14.6. The van der Waals surface area contributed by atoms with E-state index in [1.165, 1.54) is 17.3 Å². The first-order chi connectivity index (χ1) is 21.6. The van der Waals surface area contributed by atoms with Gasteiger partial charge in [0.15, 0.2) is 0 Å². The smallest absolute Gasteiger partial charge is 0.346 e. The Balaban J connectivity index is 1.36. The van der Waals surface area contributed by atoms with Gasteiger partial charge in [0, 0.05) is 43.5 Å². The number of nitriles is 1. The number of ether oxygens (including phenoxy) is 2. The van der Waals surface area contributed by atoms with Gasteiger partial charge < -0.3 is 14.4 Å². The molecule has 10 nitrogen and oxygen atoms in total. The summed E-state index contributed by atoms with van der Waals surface area (Å²) in [6, 6.07) is 20.9. The molecule has 0 radical (unpaired) electrons. The standard InChI is InChI=1S/C34H31N7O3/c1-22-8-9-24-10-11-37-33(43-2)31(24)29(22)30-25(14-23-6-4-3-5-7-23)15-26-17-39-12-13-40(34(42)41-21-36-20-38-41)18-27(39)19-44-32(26)28(30)16-35/h3-11,15,20-21,27H,12-14,17-19H2,1-2H3/t27-/m1/s1. The van der Waals surface area contributed by atoms with Gasteiger partial charge in [-0.1, -0.05) is 42.5 Å². The number of carbonyl (C=O) groups excluding carboxylic acids is 1. The molecule has 0 unspecified atom stereocenters. The Kier molecular flexibility index (Phi) is 7.16. The van der Waals surface area contributed by atoms with Gasteiger partial charge in [-0.05, 0) is 53.1 Å². The molecule has 2 aliphatic rings. The van der Waals surface area contributed by atoms with Crippen LogP contribution in [0.15, 0.2) is 73.4 Å². The van der Waals surface area contributed by atoms with Crippen molar-refractivity contribution in [1.29, 1.82) is 5.26 Å². The highest BCUT2D eigenvalue weighted by Crippen LogP contribution is 2.45. The summed E-state index contributed by atoms with van der Waals surface area (Å²) in [6.45, 7) is 4.75. The zero-order valence-corrected chi connectivity index (χ0v) is 24.6. The summed E-state index contributed by atoms with van der Waals surface area (Å²) in [7, 11) is 1.62. The number of fused-ring (bicyclic) bond motifs is 3. The van der Waals surface area contributed by atoms with Gasteiger partial charge >= 0.3 is 6.03 Å². The maximum absolute atomic E-state index is 13.0. The van der Waals surface area contributed by atoms with Crippen molar-refractivity contribution >= 4 is 16.8 Å². The number of aromatic nitrogens is 4. The van der Waals surface area contributed by atoms with Crippen LogP contribution in [0, 0.1) is 18.3 Å². The lowest BCUT2D eigenvalue weighted by Crippen LogP contribution is -2.56. The molecule has 1 atom stereocenters. The molecule has 3 aromatic carbocycles. The van der Waals surface area contributed by atoms with Crippen LogP contribution >= 0.6 is 0 Å². The van der Waals surface area contributed by atoms with Crippen LogP contribution in [0.3, 0.4) is 0 Å². The molecular weight excluding hydrogens is 554 g/mol. The quantitative estimate of drug-likeness (QED) is 0.295. The van der Waals surface area contributed by atoms with Crippen molar-refractivity contribution in [2.45, 2.75) is 25.9 Å². The largest absolute Gasteiger partial charge is 0.490 e. The Hall–Kier alpha value is -5.27. The van der Waals surface area contributed by atoms with Crippen molar-refractivity contribution in [3.63, 3.8) is 0 Å². The molecule has 1 amide bonds. The molecule has 0 bridgehead atoms. The Morgan fingerprint density at radius 2 is 2.00 bits per heavy atom. The first kappa shape index (κ1) is 27.6. The predicted octanol–water partition coefficient (Wildman–Crippen LogP) is 4.82. The zero-order valence-electron chi connectivity index (χ0n) is 24.6. The topological polar surface area (TPSA) is 109 Å². The third-order valence-corrected chi connectivity index (χ3v) is 8.62. The fourth-order valence-corrected chi connectivity index (χ4v) is 6.51. The summed E-state index contributed by atoms with van der Waals surface area (Å²) >= 11 is 0. The minimum atomic E-state index is -0.206. The molecule has 4 heterocycles. The summed E-state index contributed by atoms with van der Waals surface area (Å²) in [4.78, 5) is 25.6. The molecule has 0 saturated carbocycles. The average molecular weight is 586 g/mol. The van der Waals surface area contributed by atoms with Crippen molar-refractivity contribution in [3.8, 4) is 28.8 Å². The second-order valence-electron chi connectivity index (χ2n) is 11.2. The van der Waals surface area contributed by atoms with E-state index >= 15 is 0 Å². The minimum absolute atomic E-state index is 0.0419. The van der Waals surface area contributed by atoms with Gasteiger partial charge in [0.05, 0.1) is 18.5 Å². The number of carbonyl (C=O) groups is 1. The van der Waals surface area contributed by atoms with Crippen LogP contribution in [0.4, 0.5) is 4.79 Å². The average Bonchev–Trinajstić information content (AvgIpc) is 3.53. The van der Waals surface area contributed by atoms with E-state index in [1.54, 1.807) is 18.2 Å². The molecule has 0 N–H and O–H groups in total. The number of hydrogen-bond acceptors (Lipinski definition) is 8. The number of pyridine rings is 1. The van der Waals surface area contributed by atoms with Gasteiger partial charge in [0.1, 0.15) is 36.6 Å². The van der Waals surface area contributed by atoms with E-state index in [4.69, 9.17) is 9.47 Å². The summed E-state index contributed by atoms with van der Waals surface area (Å²) in [5.41, 5.74) is 6.44. The van der Waals surface area contributed by atoms with E-state index in [0.717, 1.165) is 44.2 Å². The van der Waals surface area contributed by atoms with E-state index in [9.17, 15) is 10.1 Å². The number of hydrogen-bond donors (Lipinski definition) is 0. The molecule has 1 fully saturated rings. The molecule has 0 spiro atoms. The molecule has 220 valence electrons. The van der Waals surface area contributed by atoms with Crippen LogP contribution in [0.2, 0.25) is 0 Å². The Labute approximate surface area is 255 Å². The molecular formula is C34H31N7O3. The molecule has 10 heteroatoms. The van der Waals surface area contributed by atoms with Crippen LogP contribution in [-0.4, -0.2) is 75.0 Å². The third-order valence-electron chi connectivity index (χ3n) is 8.62. The third kappa shape index (κ3) is 4.81. The lowest BCUT2D eigenvalue weighted by Gasteiger charge is -2.39. The fraction of sp³-hybridized carbons (Fsp3) is 0.265. The molecule has 0 aliphatic carbocycles. The van der Waals surface area contributed by atoms with E-state index in [2.05, 4.69) is 63.3 Å². The number of rotatable bonds is 4. The number of methoxy groups -OCH3 is 1. The molecule has 2 aliphatic heterocycles. The fourth-order valence-electron chi connectivity index (χ4n) is 6.51. The van der Waals surface area contributed by atoms with Crippen molar-refractivity contribution < 1.29 is 14.3 Å². The maximum Gasteiger partial charge on any atom is 0.346 e. The number of benzene rings is 3. The number of piperazine rings is 1. The number of amides is 1. The Morgan fingerprint density at radius 1 is 1.14 bits per heavy atom. The molecule has 7 rings (SSSR count). The van der Waals surface area contributed by atoms with Crippen molar-refractivity contribution in [1.82, 2.24) is 29.5 Å². The van der Waals surface area contributed by atoms with Crippen molar-refractivity contribution in [2.75, 3.05) is 33.4 Å². The predicted molar refractivity (Wildman–Crippen MR) is 165 cm³/mol. The lowest BCUT2D eigenvalue weighted by molar-refractivity contribution is 0.0650. The van der Waals surface area contributed by atoms with Crippen LogP contribution in [0.1, 0.15) is 27.8 Å². The maximum atomic E-state index is 13.0. The van der Waals surface area contributed by atoms with E-state index < -0.39 is 0 Å². The van der Waals surface area contributed by atoms with Gasteiger partial charge in [-0.25, -0.2) is 14.8 Å². The van der Waals surface area contributed by atoms with Gasteiger partial charge in [-0.3, -0.25) is 4.90 Å². The molecule has 1 saturated heterocycles. The summed E-state index contributed by atoms with van der Waals surface area (Å²) in [6.07, 6.45) is 5.16. The second-order valence-corrected chi connectivity index (χ2v) is 11.2. The normalized spacial score (nSPS) is 16.4. The second kappa shape index (κ2) is 11.4. The molecule has 5 aromatic rings. The summed E-state index contributed by atoms with van der Waals surface area (Å²) in [5, 5.41) is 16.7. The van der Waals surface area contributed by atoms with E-state index in [-0.39, 0.29) is 12.1 Å². The Bertz CT molecular complexity index is 1900. The highest BCUT2D eigenvalue weighted by Gasteiger charge is 2.35. The lowest BCUT2D eigenvalue weighted by atomic mass is 9.84. The van der Waals surface area contributed by atoms with Crippen LogP contribution in [0.5, 0.6) is 11.6 Å². The number of nitrogens with zero attached hydrogens (tertiary/aromatic N) is 7. The highest BCUT2D eigenvalue weighted by atomic mass is 16.5. The van der Waals surface area contributed by atoms with Crippen LogP contribution < -0.4 is 9.47 Å². The Morgan fingerprint density at radius 3 is 2.77 bits per heavy atom. The van der Waals surface area contributed by atoms with Gasteiger partial charge in [0.25, 0.3) is 0 Å². The van der Waals surface area contributed by atoms with Gasteiger partial charge in [-0.2, -0.15) is 15.0 Å². The summed E-state index contributed by atoms with van der Waals surface area (Å²) < 4.78 is 13.6. The van der Waals surface area contributed by atoms with Crippen LogP contribution in [0.25, 0.3) is 21.9 Å². The minimum Gasteiger partial charge on any atom is -0.490 e. The van der Waals surface area contributed by atoms with Gasteiger partial charge in [-0.15, -0.1) is 0 Å². The van der Waals surface area contributed by atoms with Crippen LogP contribution in [-0.2, 0) is 13.0 Å². The molecule has 44 heavy (non-hydrogen) atoms. The van der Waals surface area contributed by atoms with E-state index in [1.807, 2.05) is 24.3 Å². The number of aryl methyl sites for hydroxylation is 1.